The number of anilines is 1. The van der Waals surface area contributed by atoms with Crippen molar-refractivity contribution in [2.45, 2.75) is 45.4 Å². The second-order valence-corrected chi connectivity index (χ2v) is 12.5. The molecule has 0 unspecified atom stereocenters. The molecule has 0 radical (unpaired) electrons. The molecule has 5 rings (SSSR count). The van der Waals surface area contributed by atoms with Crippen molar-refractivity contribution in [2.24, 2.45) is 0 Å². The fraction of sp³-hybridized carbons (Fsp3) is 0.333. The first-order valence-electron chi connectivity index (χ1n) is 14.6. The van der Waals surface area contributed by atoms with Gasteiger partial charge in [0, 0.05) is 65.2 Å². The van der Waals surface area contributed by atoms with Crippen LogP contribution in [0, 0.1) is 0 Å². The number of fused-ring (bicyclic) bond motifs is 2. The molecule has 1 saturated heterocycles. The predicted octanol–water partition coefficient (Wildman–Crippen LogP) is 6.45. The van der Waals surface area contributed by atoms with E-state index < -0.39 is 17.8 Å². The van der Waals surface area contributed by atoms with E-state index in [0.29, 0.717) is 5.06 Å². The van der Waals surface area contributed by atoms with Crippen molar-refractivity contribution in [1.29, 1.82) is 0 Å². The van der Waals surface area contributed by atoms with E-state index in [1.807, 2.05) is 12.3 Å². The standard InChI is InChI=1S/C33H36N3O5S2/c1-6-34(7-2)22-11-14-24-27(19-22)40-28-20-23(35(8-3)9-4)12-15-25(28)32(24)26-13-10-21(18-29(26)43-42-5)33(39)41-36-30(37)16-17-31(36)38/h10-15,18-20H,6-9,16-17H2,1-5H3/q+1. The van der Waals surface area contributed by atoms with Crippen LogP contribution in [0.2, 0.25) is 0 Å². The normalized spacial score (nSPS) is 13.3. The number of rotatable bonds is 10. The van der Waals surface area contributed by atoms with Gasteiger partial charge in [-0.2, -0.15) is 0 Å². The van der Waals surface area contributed by atoms with Crippen molar-refractivity contribution >= 4 is 56.0 Å². The minimum Gasteiger partial charge on any atom is -0.456 e. The van der Waals surface area contributed by atoms with Crippen molar-refractivity contribution in [3.05, 3.63) is 65.5 Å². The van der Waals surface area contributed by atoms with Crippen molar-refractivity contribution < 1.29 is 23.6 Å². The van der Waals surface area contributed by atoms with Crippen molar-refractivity contribution in [3.8, 4) is 22.5 Å². The third-order valence-electron chi connectivity index (χ3n) is 7.79. The summed E-state index contributed by atoms with van der Waals surface area (Å²) in [6.07, 6.45) is 2.07. The van der Waals surface area contributed by atoms with Gasteiger partial charge in [0.05, 0.1) is 11.6 Å². The third-order valence-corrected chi connectivity index (χ3v) is 9.51. The molecule has 224 valence electrons. The van der Waals surface area contributed by atoms with Gasteiger partial charge in [-0.15, -0.1) is 5.06 Å². The lowest BCUT2D eigenvalue weighted by molar-refractivity contribution is -0.172. The molecule has 1 aliphatic carbocycles. The topological polar surface area (TPSA) is 83.1 Å². The molecule has 43 heavy (non-hydrogen) atoms. The second kappa shape index (κ2) is 13.3. The summed E-state index contributed by atoms with van der Waals surface area (Å²) < 4.78 is 8.90. The van der Waals surface area contributed by atoms with Gasteiger partial charge in [-0.25, -0.2) is 9.37 Å². The first kappa shape index (κ1) is 30.7. The Morgan fingerprint density at radius 3 is 2.28 bits per heavy atom. The van der Waals surface area contributed by atoms with Gasteiger partial charge in [-0.1, -0.05) is 27.7 Å². The lowest BCUT2D eigenvalue weighted by Gasteiger charge is -2.23. The summed E-state index contributed by atoms with van der Waals surface area (Å²) in [4.78, 5) is 45.4. The highest BCUT2D eigenvalue weighted by molar-refractivity contribution is 8.76. The molecule has 10 heteroatoms. The Labute approximate surface area is 259 Å². The Morgan fingerprint density at radius 2 is 1.63 bits per heavy atom. The first-order valence-corrected chi connectivity index (χ1v) is 17.2. The monoisotopic (exact) mass is 618 g/mol. The molecule has 2 aliphatic heterocycles. The van der Waals surface area contributed by atoms with Crippen LogP contribution in [-0.4, -0.2) is 55.3 Å². The molecule has 0 N–H and O–H groups in total. The maximum absolute atomic E-state index is 13.0. The fourth-order valence-electron chi connectivity index (χ4n) is 5.54. The molecule has 2 amide bonds. The van der Waals surface area contributed by atoms with Gasteiger partial charge in [0.25, 0.3) is 11.8 Å². The fourth-order valence-corrected chi connectivity index (χ4v) is 7.10. The Balaban J connectivity index is 1.72. The van der Waals surface area contributed by atoms with Crippen molar-refractivity contribution in [3.63, 3.8) is 0 Å². The third kappa shape index (κ3) is 6.03. The minimum atomic E-state index is -0.747. The molecule has 2 heterocycles. The molecule has 0 atom stereocenters. The summed E-state index contributed by atoms with van der Waals surface area (Å²) in [6, 6.07) is 18.0. The highest BCUT2D eigenvalue weighted by Crippen LogP contribution is 2.46. The summed E-state index contributed by atoms with van der Waals surface area (Å²) in [6.45, 7) is 12.1. The largest absolute Gasteiger partial charge is 0.456 e. The van der Waals surface area contributed by atoms with Crippen LogP contribution in [0.1, 0.15) is 50.9 Å². The van der Waals surface area contributed by atoms with Gasteiger partial charge in [0.1, 0.15) is 24.4 Å². The van der Waals surface area contributed by atoms with Gasteiger partial charge < -0.3 is 14.2 Å². The predicted molar refractivity (Wildman–Crippen MR) is 174 cm³/mol. The number of hydroxylamine groups is 2. The Bertz CT molecular complexity index is 1720. The average Bonchev–Trinajstić information content (AvgIpc) is 3.33. The summed E-state index contributed by atoms with van der Waals surface area (Å²) in [5.41, 5.74) is 5.05. The van der Waals surface area contributed by atoms with Gasteiger partial charge >= 0.3 is 5.97 Å². The minimum absolute atomic E-state index is 0.0454. The Hall–Kier alpha value is -3.76. The first-order chi connectivity index (χ1) is 20.8. The quantitative estimate of drug-likeness (QED) is 0.0868. The van der Waals surface area contributed by atoms with Crippen LogP contribution >= 0.6 is 21.6 Å². The van der Waals surface area contributed by atoms with Crippen LogP contribution in [0.3, 0.4) is 0 Å². The number of amides is 2. The van der Waals surface area contributed by atoms with E-state index in [2.05, 4.69) is 73.6 Å². The van der Waals surface area contributed by atoms with Gasteiger partial charge in [0.15, 0.2) is 0 Å². The van der Waals surface area contributed by atoms with E-state index in [0.717, 1.165) is 75.5 Å². The van der Waals surface area contributed by atoms with Crippen molar-refractivity contribution in [1.82, 2.24) is 9.64 Å². The lowest BCUT2D eigenvalue weighted by Crippen LogP contribution is -2.32. The summed E-state index contributed by atoms with van der Waals surface area (Å²) >= 11 is 0. The SMILES string of the molecule is CCN(CC)c1ccc2c(-c3ccc(C(=O)ON4C(=O)CCC4=O)cc3SSC)c3ccc(=[N+](CC)CC)cc-3oc2c1. The highest BCUT2D eigenvalue weighted by Gasteiger charge is 2.33. The number of carbonyl (C=O) groups is 3. The summed E-state index contributed by atoms with van der Waals surface area (Å²) in [7, 11) is 3.10. The van der Waals surface area contributed by atoms with Crippen LogP contribution in [0.4, 0.5) is 5.69 Å². The van der Waals surface area contributed by atoms with Crippen LogP contribution in [0.5, 0.6) is 0 Å². The highest BCUT2D eigenvalue weighted by atomic mass is 33.1. The Kier molecular flexibility index (Phi) is 9.46. The maximum Gasteiger partial charge on any atom is 0.363 e. The van der Waals surface area contributed by atoms with Crippen LogP contribution in [0.15, 0.2) is 63.9 Å². The van der Waals surface area contributed by atoms with Crippen molar-refractivity contribution in [2.75, 3.05) is 37.3 Å². The molecule has 0 bridgehead atoms. The van der Waals surface area contributed by atoms with E-state index in [4.69, 9.17) is 9.25 Å². The average molecular weight is 619 g/mol. The molecule has 3 aliphatic rings. The van der Waals surface area contributed by atoms with E-state index in [1.54, 1.807) is 22.9 Å². The molecule has 0 aromatic heterocycles. The van der Waals surface area contributed by atoms with E-state index >= 15 is 0 Å². The van der Waals surface area contributed by atoms with E-state index in [-0.39, 0.29) is 18.4 Å². The molecule has 1 fully saturated rings. The van der Waals surface area contributed by atoms with E-state index in [9.17, 15) is 14.4 Å². The number of nitrogens with zero attached hydrogens (tertiary/aromatic N) is 3. The van der Waals surface area contributed by atoms with Gasteiger partial charge in [-0.05, 0) is 69.8 Å². The van der Waals surface area contributed by atoms with Crippen LogP contribution in [0.25, 0.3) is 33.4 Å². The zero-order valence-corrected chi connectivity index (χ0v) is 26.8. The summed E-state index contributed by atoms with van der Waals surface area (Å²) in [5, 5.41) is 2.64. The smallest absolute Gasteiger partial charge is 0.363 e. The van der Waals surface area contributed by atoms with E-state index in [1.165, 1.54) is 10.8 Å². The molecule has 0 saturated carbocycles. The molecule has 8 nitrogen and oxygen atoms in total. The van der Waals surface area contributed by atoms with Crippen LogP contribution in [-0.2, 0) is 14.4 Å². The molecule has 2 aromatic carbocycles. The number of hydrogen-bond acceptors (Lipinski definition) is 8. The maximum atomic E-state index is 13.0. The molecular weight excluding hydrogens is 583 g/mol. The number of carbonyl (C=O) groups excluding carboxylic acids is 3. The van der Waals surface area contributed by atoms with Gasteiger partial charge in [-0.3, -0.25) is 9.59 Å². The number of hydrogen-bond donors (Lipinski definition) is 0. The number of imide groups is 1. The molecular formula is C33H36N3O5S2+. The van der Waals surface area contributed by atoms with Crippen LogP contribution < -0.4 is 14.8 Å². The zero-order chi connectivity index (χ0) is 30.7. The lowest BCUT2D eigenvalue weighted by atomic mass is 9.93. The second-order valence-electron chi connectivity index (χ2n) is 10.1. The zero-order valence-electron chi connectivity index (χ0n) is 25.1. The number of benzene rings is 3. The summed E-state index contributed by atoms with van der Waals surface area (Å²) in [5.74, 6) is -0.984. The Morgan fingerprint density at radius 1 is 0.930 bits per heavy atom. The molecule has 2 aromatic rings. The molecule has 0 spiro atoms. The van der Waals surface area contributed by atoms with Gasteiger partial charge in [0.2, 0.25) is 5.36 Å².